The molecule has 0 aliphatic carbocycles. The molecule has 0 unspecified atom stereocenters. The van der Waals surface area contributed by atoms with Gasteiger partial charge in [-0.15, -0.1) is 0 Å². The third-order valence-electron chi connectivity index (χ3n) is 4.60. The van der Waals surface area contributed by atoms with E-state index >= 15 is 0 Å². The molecule has 1 aliphatic rings. The van der Waals surface area contributed by atoms with Gasteiger partial charge in [-0.25, -0.2) is 19.3 Å². The van der Waals surface area contributed by atoms with Gasteiger partial charge in [-0.2, -0.15) is 4.98 Å². The van der Waals surface area contributed by atoms with Crippen molar-refractivity contribution in [1.82, 2.24) is 19.9 Å². The molecule has 0 saturated carbocycles. The fourth-order valence-electron chi connectivity index (χ4n) is 3.01. The minimum absolute atomic E-state index is 0.321. The molecule has 0 radical (unpaired) electrons. The number of benzene rings is 1. The van der Waals surface area contributed by atoms with E-state index in [1.807, 2.05) is 31.7 Å². The maximum Gasteiger partial charge on any atom is 0.228 e. The molecule has 0 spiro atoms. The second kappa shape index (κ2) is 6.57. The summed E-state index contributed by atoms with van der Waals surface area (Å²) in [6.45, 7) is 8.26. The zero-order valence-corrected chi connectivity index (χ0v) is 15.1. The fraction of sp³-hybridized carbons (Fsp3) is 0.368. The van der Waals surface area contributed by atoms with Crippen molar-refractivity contribution in [3.8, 4) is 11.3 Å². The molecule has 26 heavy (non-hydrogen) atoms. The number of halogens is 1. The van der Waals surface area contributed by atoms with E-state index in [2.05, 4.69) is 19.9 Å². The van der Waals surface area contributed by atoms with E-state index in [4.69, 9.17) is 4.74 Å². The molecule has 3 heterocycles. The van der Waals surface area contributed by atoms with Crippen LogP contribution in [0.1, 0.15) is 17.0 Å². The number of aromatic nitrogens is 4. The number of hydrogen-bond donors (Lipinski definition) is 0. The lowest BCUT2D eigenvalue weighted by molar-refractivity contribution is 0.122. The number of morpholine rings is 1. The van der Waals surface area contributed by atoms with Gasteiger partial charge in [0.15, 0.2) is 5.65 Å². The summed E-state index contributed by atoms with van der Waals surface area (Å²) in [5, 5.41) is 0. The van der Waals surface area contributed by atoms with Crippen LogP contribution in [0.4, 0.5) is 10.3 Å². The van der Waals surface area contributed by atoms with Gasteiger partial charge in [-0.05, 0) is 38.5 Å². The summed E-state index contributed by atoms with van der Waals surface area (Å²) in [5.74, 6) is 0.214. The smallest absolute Gasteiger partial charge is 0.228 e. The Morgan fingerprint density at radius 1 is 0.962 bits per heavy atom. The minimum Gasteiger partial charge on any atom is -0.378 e. The Morgan fingerprint density at radius 3 is 2.42 bits per heavy atom. The summed E-state index contributed by atoms with van der Waals surface area (Å²) in [6.07, 6.45) is 0. The number of hydrogen-bond acceptors (Lipinski definition) is 6. The normalized spacial score (nSPS) is 14.8. The molecule has 0 bridgehead atoms. The van der Waals surface area contributed by atoms with Crippen LogP contribution in [0.5, 0.6) is 0 Å². The Kier molecular flexibility index (Phi) is 4.24. The van der Waals surface area contributed by atoms with E-state index < -0.39 is 0 Å². The molecule has 1 aliphatic heterocycles. The van der Waals surface area contributed by atoms with E-state index in [1.165, 1.54) is 6.07 Å². The fourth-order valence-corrected chi connectivity index (χ4v) is 3.01. The lowest BCUT2D eigenvalue weighted by atomic mass is 10.1. The molecule has 1 fully saturated rings. The molecule has 134 valence electrons. The van der Waals surface area contributed by atoms with E-state index in [0.29, 0.717) is 54.7 Å². The van der Waals surface area contributed by atoms with Gasteiger partial charge in [0.1, 0.15) is 17.0 Å². The van der Waals surface area contributed by atoms with Crippen molar-refractivity contribution in [2.45, 2.75) is 20.8 Å². The Morgan fingerprint density at radius 2 is 1.69 bits per heavy atom. The molecule has 0 N–H and O–H groups in total. The lowest BCUT2D eigenvalue weighted by Crippen LogP contribution is -2.37. The highest BCUT2D eigenvalue weighted by atomic mass is 19.1. The van der Waals surface area contributed by atoms with Crippen molar-refractivity contribution in [2.75, 3.05) is 31.2 Å². The molecule has 0 amide bonds. The van der Waals surface area contributed by atoms with Crippen molar-refractivity contribution in [3.05, 3.63) is 41.0 Å². The van der Waals surface area contributed by atoms with Crippen molar-refractivity contribution < 1.29 is 9.13 Å². The van der Waals surface area contributed by atoms with E-state index in [0.717, 1.165) is 17.0 Å². The first-order chi connectivity index (χ1) is 12.5. The largest absolute Gasteiger partial charge is 0.378 e. The Balaban J connectivity index is 1.97. The van der Waals surface area contributed by atoms with Crippen LogP contribution in [0.3, 0.4) is 0 Å². The topological polar surface area (TPSA) is 64.0 Å². The molecule has 4 rings (SSSR count). The van der Waals surface area contributed by atoms with Crippen LogP contribution in [0.2, 0.25) is 0 Å². The zero-order chi connectivity index (χ0) is 18.3. The third kappa shape index (κ3) is 2.99. The highest BCUT2D eigenvalue weighted by Gasteiger charge is 2.21. The van der Waals surface area contributed by atoms with Gasteiger partial charge < -0.3 is 9.64 Å². The van der Waals surface area contributed by atoms with Crippen molar-refractivity contribution in [2.24, 2.45) is 0 Å². The average Bonchev–Trinajstić information content (AvgIpc) is 2.63. The summed E-state index contributed by atoms with van der Waals surface area (Å²) in [4.78, 5) is 20.5. The summed E-state index contributed by atoms with van der Waals surface area (Å²) < 4.78 is 20.1. The summed E-state index contributed by atoms with van der Waals surface area (Å²) in [6, 6.07) is 5.12. The second-order valence-corrected chi connectivity index (χ2v) is 6.52. The molecular weight excluding hydrogens is 333 g/mol. The molecule has 2 aromatic heterocycles. The number of aryl methyl sites for hydroxylation is 3. The van der Waals surface area contributed by atoms with Crippen LogP contribution in [-0.2, 0) is 4.74 Å². The van der Waals surface area contributed by atoms with Crippen LogP contribution in [-0.4, -0.2) is 46.2 Å². The van der Waals surface area contributed by atoms with Gasteiger partial charge in [-0.3, -0.25) is 0 Å². The number of ether oxygens (including phenoxy) is 1. The van der Waals surface area contributed by atoms with Crippen LogP contribution >= 0.6 is 0 Å². The van der Waals surface area contributed by atoms with Gasteiger partial charge in [0.25, 0.3) is 0 Å². The first-order valence-corrected chi connectivity index (χ1v) is 8.65. The molecular formula is C19H20FN5O. The van der Waals surface area contributed by atoms with Crippen LogP contribution < -0.4 is 4.90 Å². The van der Waals surface area contributed by atoms with E-state index in [9.17, 15) is 4.39 Å². The second-order valence-electron chi connectivity index (χ2n) is 6.52. The molecule has 0 atom stereocenters. The predicted molar refractivity (Wildman–Crippen MR) is 97.8 cm³/mol. The Labute approximate surface area is 151 Å². The van der Waals surface area contributed by atoms with Crippen molar-refractivity contribution in [3.63, 3.8) is 0 Å². The van der Waals surface area contributed by atoms with E-state index in [1.54, 1.807) is 6.07 Å². The molecule has 7 heteroatoms. The molecule has 6 nitrogen and oxygen atoms in total. The van der Waals surface area contributed by atoms with Crippen LogP contribution in [0.25, 0.3) is 22.4 Å². The number of anilines is 1. The minimum atomic E-state index is -0.321. The lowest BCUT2D eigenvalue weighted by Gasteiger charge is -2.27. The summed E-state index contributed by atoms with van der Waals surface area (Å²) in [7, 11) is 0. The van der Waals surface area contributed by atoms with Gasteiger partial charge in [0.05, 0.1) is 24.6 Å². The van der Waals surface area contributed by atoms with Gasteiger partial charge in [0, 0.05) is 18.7 Å². The average molecular weight is 353 g/mol. The molecule has 1 saturated heterocycles. The first kappa shape index (κ1) is 16.8. The van der Waals surface area contributed by atoms with Gasteiger partial charge >= 0.3 is 0 Å². The highest BCUT2D eigenvalue weighted by molar-refractivity contribution is 5.88. The predicted octanol–water partition coefficient (Wildman–Crippen LogP) is 2.99. The monoisotopic (exact) mass is 353 g/mol. The van der Waals surface area contributed by atoms with Gasteiger partial charge in [-0.1, -0.05) is 6.07 Å². The summed E-state index contributed by atoms with van der Waals surface area (Å²) in [5.41, 5.74) is 4.34. The molecule has 3 aromatic rings. The Bertz CT molecular complexity index is 985. The van der Waals surface area contributed by atoms with Gasteiger partial charge in [0.2, 0.25) is 5.95 Å². The third-order valence-corrected chi connectivity index (χ3v) is 4.60. The standard InChI is InChI=1S/C19H20FN5O/c1-11-4-5-14(15(20)10-11)16-17-18(22-13(3)12(2)21-17)24-19(23-16)25-6-8-26-9-7-25/h4-5,10H,6-9H2,1-3H3. The molecule has 1 aromatic carbocycles. The Hall–Kier alpha value is -2.67. The zero-order valence-electron chi connectivity index (χ0n) is 15.1. The maximum atomic E-state index is 14.7. The van der Waals surface area contributed by atoms with Crippen LogP contribution in [0, 0.1) is 26.6 Å². The maximum absolute atomic E-state index is 14.7. The summed E-state index contributed by atoms with van der Waals surface area (Å²) >= 11 is 0. The highest BCUT2D eigenvalue weighted by Crippen LogP contribution is 2.29. The number of fused-ring (bicyclic) bond motifs is 1. The van der Waals surface area contributed by atoms with Crippen molar-refractivity contribution in [1.29, 1.82) is 0 Å². The first-order valence-electron chi connectivity index (χ1n) is 8.65. The SMILES string of the molecule is Cc1ccc(-c2nc(N3CCOCC3)nc3nc(C)c(C)nc23)c(F)c1. The number of rotatable bonds is 2. The quantitative estimate of drug-likeness (QED) is 0.706. The van der Waals surface area contributed by atoms with Crippen LogP contribution in [0.15, 0.2) is 18.2 Å². The van der Waals surface area contributed by atoms with E-state index in [-0.39, 0.29) is 5.82 Å². The van der Waals surface area contributed by atoms with Crippen molar-refractivity contribution >= 4 is 17.1 Å². The number of nitrogens with zero attached hydrogens (tertiary/aromatic N) is 5.